The van der Waals surface area contributed by atoms with Crippen molar-refractivity contribution in [3.8, 4) is 0 Å². The number of rotatable bonds is 5. The Morgan fingerprint density at radius 3 is 2.48 bits per heavy atom. The molecule has 2 rings (SSSR count). The lowest BCUT2D eigenvalue weighted by Crippen LogP contribution is -2.59. The average molecular weight is 338 g/mol. The molecular formula is C14H25F3N4O2. The fourth-order valence-corrected chi connectivity index (χ4v) is 3.05. The van der Waals surface area contributed by atoms with E-state index in [4.69, 9.17) is 10.5 Å². The van der Waals surface area contributed by atoms with Gasteiger partial charge in [-0.2, -0.15) is 13.2 Å². The molecule has 4 N–H and O–H groups in total. The Bertz CT molecular complexity index is 383. The zero-order valence-electron chi connectivity index (χ0n) is 13.1. The van der Waals surface area contributed by atoms with Gasteiger partial charge in [0.05, 0.1) is 6.04 Å². The molecule has 0 spiro atoms. The van der Waals surface area contributed by atoms with Gasteiger partial charge in [0.25, 0.3) is 0 Å². The molecular weight excluding hydrogens is 313 g/mol. The third-order valence-electron chi connectivity index (χ3n) is 4.52. The van der Waals surface area contributed by atoms with Gasteiger partial charge >= 0.3 is 6.18 Å². The van der Waals surface area contributed by atoms with Crippen LogP contribution in [0.4, 0.5) is 13.2 Å². The van der Waals surface area contributed by atoms with Gasteiger partial charge in [-0.05, 0) is 18.8 Å². The normalized spacial score (nSPS) is 24.2. The predicted molar refractivity (Wildman–Crippen MR) is 78.8 cm³/mol. The first-order valence-electron chi connectivity index (χ1n) is 8.02. The number of alkyl halides is 3. The molecule has 1 amide bonds. The van der Waals surface area contributed by atoms with E-state index < -0.39 is 30.7 Å². The van der Waals surface area contributed by atoms with Gasteiger partial charge < -0.3 is 21.1 Å². The highest BCUT2D eigenvalue weighted by Crippen LogP contribution is 2.25. The van der Waals surface area contributed by atoms with Crippen LogP contribution in [0.1, 0.15) is 12.8 Å². The summed E-state index contributed by atoms with van der Waals surface area (Å²) in [6.07, 6.45) is -3.06. The van der Waals surface area contributed by atoms with E-state index in [1.54, 1.807) is 0 Å². The maximum Gasteiger partial charge on any atom is 0.405 e. The van der Waals surface area contributed by atoms with Crippen LogP contribution in [0.25, 0.3) is 0 Å². The van der Waals surface area contributed by atoms with Crippen LogP contribution in [0.5, 0.6) is 0 Å². The molecule has 2 fully saturated rings. The molecule has 2 aliphatic heterocycles. The molecule has 0 aromatic carbocycles. The summed E-state index contributed by atoms with van der Waals surface area (Å²) >= 11 is 0. The fraction of sp³-hybridized carbons (Fsp3) is 0.929. The zero-order valence-corrected chi connectivity index (χ0v) is 13.1. The van der Waals surface area contributed by atoms with Crippen molar-refractivity contribution >= 4 is 5.91 Å². The van der Waals surface area contributed by atoms with Gasteiger partial charge in [-0.25, -0.2) is 0 Å². The van der Waals surface area contributed by atoms with Crippen LogP contribution in [0.3, 0.4) is 0 Å². The Labute approximate surface area is 133 Å². The zero-order chi connectivity index (χ0) is 16.9. The van der Waals surface area contributed by atoms with Crippen LogP contribution in [0.15, 0.2) is 0 Å². The van der Waals surface area contributed by atoms with Crippen molar-refractivity contribution in [1.29, 1.82) is 0 Å². The van der Waals surface area contributed by atoms with Crippen LogP contribution in [-0.2, 0) is 9.53 Å². The lowest BCUT2D eigenvalue weighted by atomic mass is 9.92. The van der Waals surface area contributed by atoms with E-state index in [2.05, 4.69) is 10.6 Å². The Balaban J connectivity index is 1.87. The minimum absolute atomic E-state index is 0.0349. The number of hydrogen-bond acceptors (Lipinski definition) is 5. The molecule has 6 nitrogen and oxygen atoms in total. The van der Waals surface area contributed by atoms with Crippen LogP contribution in [0, 0.1) is 5.92 Å². The van der Waals surface area contributed by atoms with Gasteiger partial charge in [0.15, 0.2) is 0 Å². The SMILES string of the molecule is N[C@H](C(=O)NC[C@H](N1CCNCC1)C(F)(F)F)C1CCOCC1. The summed E-state index contributed by atoms with van der Waals surface area (Å²) in [5.74, 6) is -0.548. The Morgan fingerprint density at radius 1 is 1.30 bits per heavy atom. The van der Waals surface area contributed by atoms with Gasteiger partial charge in [0.1, 0.15) is 6.04 Å². The van der Waals surface area contributed by atoms with Crippen molar-refractivity contribution in [1.82, 2.24) is 15.5 Å². The highest BCUT2D eigenvalue weighted by molar-refractivity contribution is 5.81. The number of carbonyl (C=O) groups excluding carboxylic acids is 1. The molecule has 2 saturated heterocycles. The van der Waals surface area contributed by atoms with Gasteiger partial charge in [0.2, 0.25) is 5.91 Å². The summed E-state index contributed by atoms with van der Waals surface area (Å²) in [6.45, 7) is 2.27. The van der Waals surface area contributed by atoms with Crippen molar-refractivity contribution in [3.63, 3.8) is 0 Å². The topological polar surface area (TPSA) is 79.6 Å². The second-order valence-corrected chi connectivity index (χ2v) is 6.06. The molecule has 2 heterocycles. The number of hydrogen-bond donors (Lipinski definition) is 3. The van der Waals surface area contributed by atoms with Crippen LogP contribution in [0.2, 0.25) is 0 Å². The van der Waals surface area contributed by atoms with E-state index >= 15 is 0 Å². The van der Waals surface area contributed by atoms with Gasteiger partial charge in [-0.3, -0.25) is 9.69 Å². The minimum Gasteiger partial charge on any atom is -0.381 e. The van der Waals surface area contributed by atoms with Crippen LogP contribution >= 0.6 is 0 Å². The fourth-order valence-electron chi connectivity index (χ4n) is 3.05. The number of halogens is 3. The molecule has 9 heteroatoms. The molecule has 0 aromatic heterocycles. The van der Waals surface area contributed by atoms with Crippen LogP contribution in [-0.4, -0.2) is 75.0 Å². The van der Waals surface area contributed by atoms with Crippen molar-refractivity contribution in [2.45, 2.75) is 31.1 Å². The number of ether oxygens (including phenoxy) is 1. The molecule has 2 atom stereocenters. The minimum atomic E-state index is -4.38. The summed E-state index contributed by atoms with van der Waals surface area (Å²) in [4.78, 5) is 13.4. The standard InChI is InChI=1S/C14H25F3N4O2/c15-14(16,17)11(21-5-3-19-4-6-21)9-20-13(22)12(18)10-1-7-23-8-2-10/h10-12,19H,1-9,18H2,(H,20,22)/t11-,12-/m0/s1. The van der Waals surface area contributed by atoms with Crippen molar-refractivity contribution in [3.05, 3.63) is 0 Å². The first-order valence-corrected chi connectivity index (χ1v) is 8.02. The smallest absolute Gasteiger partial charge is 0.381 e. The maximum atomic E-state index is 13.2. The average Bonchev–Trinajstić information content (AvgIpc) is 2.54. The quantitative estimate of drug-likeness (QED) is 0.641. The number of nitrogens with two attached hydrogens (primary N) is 1. The lowest BCUT2D eigenvalue weighted by molar-refractivity contribution is -0.184. The molecule has 0 saturated carbocycles. The van der Waals surface area contributed by atoms with Gasteiger partial charge in [-0.15, -0.1) is 0 Å². The Morgan fingerprint density at radius 2 is 1.91 bits per heavy atom. The monoisotopic (exact) mass is 338 g/mol. The van der Waals surface area contributed by atoms with E-state index in [1.807, 2.05) is 0 Å². The van der Waals surface area contributed by atoms with Crippen molar-refractivity contribution in [2.24, 2.45) is 11.7 Å². The van der Waals surface area contributed by atoms with E-state index in [1.165, 1.54) is 4.90 Å². The number of nitrogens with one attached hydrogen (secondary N) is 2. The Kier molecular flexibility index (Phi) is 6.63. The molecule has 134 valence electrons. The summed E-state index contributed by atoms with van der Waals surface area (Å²) in [5, 5.41) is 5.42. The lowest BCUT2D eigenvalue weighted by Gasteiger charge is -2.36. The third-order valence-corrected chi connectivity index (χ3v) is 4.52. The second-order valence-electron chi connectivity index (χ2n) is 6.06. The number of carbonyl (C=O) groups is 1. The highest BCUT2D eigenvalue weighted by Gasteiger charge is 2.44. The third kappa shape index (κ3) is 5.30. The number of piperazine rings is 1. The molecule has 2 aliphatic rings. The molecule has 0 unspecified atom stereocenters. The van der Waals surface area contributed by atoms with E-state index in [0.29, 0.717) is 52.2 Å². The summed E-state index contributed by atoms with van der Waals surface area (Å²) in [5.41, 5.74) is 5.89. The molecule has 0 bridgehead atoms. The van der Waals surface area contributed by atoms with E-state index in [-0.39, 0.29) is 5.92 Å². The molecule has 0 aromatic rings. The maximum absolute atomic E-state index is 13.2. The summed E-state index contributed by atoms with van der Waals surface area (Å²) in [7, 11) is 0. The number of nitrogens with zero attached hydrogens (tertiary/aromatic N) is 1. The van der Waals surface area contributed by atoms with Crippen molar-refractivity contribution in [2.75, 3.05) is 45.9 Å². The van der Waals surface area contributed by atoms with Crippen molar-refractivity contribution < 1.29 is 22.7 Å². The van der Waals surface area contributed by atoms with Gasteiger partial charge in [-0.1, -0.05) is 0 Å². The van der Waals surface area contributed by atoms with E-state index in [9.17, 15) is 18.0 Å². The van der Waals surface area contributed by atoms with Crippen LogP contribution < -0.4 is 16.4 Å². The molecule has 0 aliphatic carbocycles. The highest BCUT2D eigenvalue weighted by atomic mass is 19.4. The van der Waals surface area contributed by atoms with E-state index in [0.717, 1.165) is 0 Å². The summed E-state index contributed by atoms with van der Waals surface area (Å²) in [6, 6.07) is -2.45. The largest absolute Gasteiger partial charge is 0.405 e. The first kappa shape index (κ1) is 18.4. The van der Waals surface area contributed by atoms with Gasteiger partial charge in [0, 0.05) is 45.9 Å². The summed E-state index contributed by atoms with van der Waals surface area (Å²) < 4.78 is 45.0. The first-order chi connectivity index (χ1) is 10.9. The second kappa shape index (κ2) is 8.27. The number of amides is 1. The Hall–Kier alpha value is -0.900. The predicted octanol–water partition coefficient (Wildman–Crippen LogP) is -0.307. The molecule has 0 radical (unpaired) electrons. The molecule has 23 heavy (non-hydrogen) atoms.